The molecule has 1 aliphatic carbocycles. The molecule has 0 bridgehead atoms. The highest BCUT2D eigenvalue weighted by Gasteiger charge is 2.34. The second kappa shape index (κ2) is 6.05. The molecule has 1 heterocycles. The highest BCUT2D eigenvalue weighted by atomic mass is 32.2. The van der Waals surface area contributed by atoms with Gasteiger partial charge in [-0.05, 0) is 24.7 Å². The molecule has 0 radical (unpaired) electrons. The first-order valence-corrected chi connectivity index (χ1v) is 7.67. The Labute approximate surface area is 122 Å². The minimum absolute atomic E-state index is 0.254. The van der Waals surface area contributed by atoms with Crippen LogP contribution in [0.25, 0.3) is 0 Å². The minimum Gasteiger partial charge on any atom is -0.480 e. The van der Waals surface area contributed by atoms with Gasteiger partial charge in [-0.3, -0.25) is 14.5 Å². The first-order valence-electron chi connectivity index (χ1n) is 6.44. The van der Waals surface area contributed by atoms with Crippen molar-refractivity contribution in [2.45, 2.75) is 32.6 Å². The minimum atomic E-state index is -1.04. The highest BCUT2D eigenvalue weighted by molar-refractivity contribution is 8.26. The zero-order valence-corrected chi connectivity index (χ0v) is 12.4. The molecule has 1 saturated carbocycles. The maximum Gasteiger partial charge on any atom is 0.323 e. The van der Waals surface area contributed by atoms with Crippen LogP contribution in [0.2, 0.25) is 0 Å². The third kappa shape index (κ3) is 3.57. The van der Waals surface area contributed by atoms with E-state index in [-0.39, 0.29) is 12.5 Å². The second-order valence-corrected chi connectivity index (χ2v) is 6.88. The molecule has 2 fully saturated rings. The van der Waals surface area contributed by atoms with Crippen LogP contribution in [0.4, 0.5) is 0 Å². The zero-order chi connectivity index (χ0) is 14.0. The number of carboxylic acids is 1. The number of carbonyl (C=O) groups excluding carboxylic acids is 1. The van der Waals surface area contributed by atoms with E-state index in [0.29, 0.717) is 15.1 Å². The summed E-state index contributed by atoms with van der Waals surface area (Å²) in [7, 11) is 0. The van der Waals surface area contributed by atoms with Gasteiger partial charge in [0.25, 0.3) is 5.91 Å². The van der Waals surface area contributed by atoms with Gasteiger partial charge in [0.05, 0.1) is 4.91 Å². The Kier molecular flexibility index (Phi) is 4.62. The van der Waals surface area contributed by atoms with Crippen LogP contribution >= 0.6 is 24.0 Å². The molecule has 2 rings (SSSR count). The number of amides is 1. The van der Waals surface area contributed by atoms with Gasteiger partial charge in [0, 0.05) is 0 Å². The molecule has 1 N–H and O–H groups in total. The number of nitrogens with zero attached hydrogens (tertiary/aromatic N) is 1. The Bertz CT molecular complexity index is 439. The molecular formula is C13H17NO3S2. The van der Waals surface area contributed by atoms with Crippen LogP contribution in [0.1, 0.15) is 32.6 Å². The summed E-state index contributed by atoms with van der Waals surface area (Å²) in [5.41, 5.74) is 0. The van der Waals surface area contributed by atoms with Gasteiger partial charge >= 0.3 is 5.97 Å². The first-order chi connectivity index (χ1) is 8.97. The molecule has 1 saturated heterocycles. The Morgan fingerprint density at radius 1 is 1.47 bits per heavy atom. The molecule has 0 unspecified atom stereocenters. The topological polar surface area (TPSA) is 57.6 Å². The average molecular weight is 299 g/mol. The van der Waals surface area contributed by atoms with Crippen LogP contribution in [-0.4, -0.2) is 32.7 Å². The highest BCUT2D eigenvalue weighted by Crippen LogP contribution is 2.35. The van der Waals surface area contributed by atoms with Gasteiger partial charge in [-0.1, -0.05) is 49.8 Å². The van der Waals surface area contributed by atoms with Gasteiger partial charge < -0.3 is 5.11 Å². The third-order valence-corrected chi connectivity index (χ3v) is 5.01. The van der Waals surface area contributed by atoms with E-state index >= 15 is 0 Å². The molecule has 0 atom stereocenters. The standard InChI is InChI=1S/C13H17NO3S2/c1-8-2-4-9(5-3-8)6-10-12(17)14(7-11(15)16)13(18)19-10/h6,8-9H,2-5,7H2,1H3,(H,15,16). The van der Waals surface area contributed by atoms with Crippen LogP contribution in [0.3, 0.4) is 0 Å². The maximum absolute atomic E-state index is 12.1. The molecule has 1 amide bonds. The van der Waals surface area contributed by atoms with E-state index in [1.54, 1.807) is 0 Å². The van der Waals surface area contributed by atoms with Crippen molar-refractivity contribution in [3.05, 3.63) is 11.0 Å². The van der Waals surface area contributed by atoms with Crippen molar-refractivity contribution in [2.75, 3.05) is 6.54 Å². The summed E-state index contributed by atoms with van der Waals surface area (Å²) < 4.78 is 0.350. The van der Waals surface area contributed by atoms with Crippen molar-refractivity contribution in [1.29, 1.82) is 0 Å². The van der Waals surface area contributed by atoms with Crippen molar-refractivity contribution in [3.8, 4) is 0 Å². The molecule has 0 aromatic rings. The lowest BCUT2D eigenvalue weighted by atomic mass is 9.83. The predicted molar refractivity (Wildman–Crippen MR) is 78.7 cm³/mol. The molecule has 0 spiro atoms. The summed E-state index contributed by atoms with van der Waals surface area (Å²) in [4.78, 5) is 24.5. The van der Waals surface area contributed by atoms with Gasteiger partial charge in [0.1, 0.15) is 10.9 Å². The fourth-order valence-corrected chi connectivity index (χ4v) is 3.77. The van der Waals surface area contributed by atoms with Crippen molar-refractivity contribution >= 4 is 40.2 Å². The normalized spacial score (nSPS) is 30.2. The Morgan fingerprint density at radius 2 is 2.11 bits per heavy atom. The zero-order valence-electron chi connectivity index (χ0n) is 10.8. The molecule has 19 heavy (non-hydrogen) atoms. The van der Waals surface area contributed by atoms with Gasteiger partial charge in [-0.15, -0.1) is 0 Å². The van der Waals surface area contributed by atoms with E-state index in [1.165, 1.54) is 29.5 Å². The van der Waals surface area contributed by atoms with Crippen molar-refractivity contribution in [1.82, 2.24) is 4.90 Å². The van der Waals surface area contributed by atoms with Crippen LogP contribution in [0.5, 0.6) is 0 Å². The molecule has 6 heteroatoms. The van der Waals surface area contributed by atoms with E-state index in [4.69, 9.17) is 17.3 Å². The largest absolute Gasteiger partial charge is 0.480 e. The van der Waals surface area contributed by atoms with Crippen molar-refractivity contribution in [3.63, 3.8) is 0 Å². The number of aliphatic carboxylic acids is 1. The van der Waals surface area contributed by atoms with E-state index in [0.717, 1.165) is 18.8 Å². The van der Waals surface area contributed by atoms with E-state index < -0.39 is 5.97 Å². The Hall–Kier alpha value is -0.880. The smallest absolute Gasteiger partial charge is 0.323 e. The Morgan fingerprint density at radius 3 is 2.68 bits per heavy atom. The Balaban J connectivity index is 2.03. The number of allylic oxidation sites excluding steroid dienone is 1. The summed E-state index contributed by atoms with van der Waals surface area (Å²) in [6, 6.07) is 0. The fourth-order valence-electron chi connectivity index (χ4n) is 2.45. The lowest BCUT2D eigenvalue weighted by Gasteiger charge is -2.23. The SMILES string of the molecule is CC1CCC(C=C2SC(=S)N(CC(=O)O)C2=O)CC1. The number of rotatable bonds is 3. The number of carboxylic acid groups (broad SMARTS) is 1. The summed E-state index contributed by atoms with van der Waals surface area (Å²) in [5.74, 6) is -0.0959. The van der Waals surface area contributed by atoms with Crippen LogP contribution in [-0.2, 0) is 9.59 Å². The summed E-state index contributed by atoms with van der Waals surface area (Å²) in [5, 5.41) is 8.76. The van der Waals surface area contributed by atoms with Gasteiger partial charge in [0.15, 0.2) is 0 Å². The van der Waals surface area contributed by atoms with Crippen LogP contribution in [0.15, 0.2) is 11.0 Å². The molecule has 0 aromatic heterocycles. The van der Waals surface area contributed by atoms with Gasteiger partial charge in [-0.25, -0.2) is 0 Å². The first kappa shape index (κ1) is 14.5. The number of thioether (sulfide) groups is 1. The lowest BCUT2D eigenvalue weighted by Crippen LogP contribution is -2.33. The number of carbonyl (C=O) groups is 2. The van der Waals surface area contributed by atoms with Crippen molar-refractivity contribution in [2.24, 2.45) is 11.8 Å². The van der Waals surface area contributed by atoms with E-state index in [1.807, 2.05) is 6.08 Å². The molecule has 2 aliphatic rings. The molecule has 0 aromatic carbocycles. The quantitative estimate of drug-likeness (QED) is 0.641. The number of hydrogen-bond acceptors (Lipinski definition) is 4. The molecule has 104 valence electrons. The lowest BCUT2D eigenvalue weighted by molar-refractivity contribution is -0.140. The summed E-state index contributed by atoms with van der Waals surface area (Å²) in [6.07, 6.45) is 6.58. The maximum atomic E-state index is 12.1. The molecule has 4 nitrogen and oxygen atoms in total. The number of hydrogen-bond donors (Lipinski definition) is 1. The molecular weight excluding hydrogens is 282 g/mol. The molecule has 1 aliphatic heterocycles. The van der Waals surface area contributed by atoms with Gasteiger partial charge in [-0.2, -0.15) is 0 Å². The summed E-state index contributed by atoms with van der Waals surface area (Å²) in [6.45, 7) is 1.91. The van der Waals surface area contributed by atoms with Crippen molar-refractivity contribution < 1.29 is 14.7 Å². The van der Waals surface area contributed by atoms with Crippen LogP contribution in [0, 0.1) is 11.8 Å². The van der Waals surface area contributed by atoms with E-state index in [2.05, 4.69) is 6.92 Å². The number of thiocarbonyl (C=S) groups is 1. The third-order valence-electron chi connectivity index (χ3n) is 3.61. The second-order valence-electron chi connectivity index (χ2n) is 5.20. The fraction of sp³-hybridized carbons (Fsp3) is 0.615. The summed E-state index contributed by atoms with van der Waals surface area (Å²) >= 11 is 6.29. The van der Waals surface area contributed by atoms with Gasteiger partial charge in [0.2, 0.25) is 0 Å². The monoisotopic (exact) mass is 299 g/mol. The van der Waals surface area contributed by atoms with Crippen LogP contribution < -0.4 is 0 Å². The predicted octanol–water partition coefficient (Wildman–Crippen LogP) is 2.64. The van der Waals surface area contributed by atoms with E-state index in [9.17, 15) is 9.59 Å². The average Bonchev–Trinajstić information content (AvgIpc) is 2.60.